The van der Waals surface area contributed by atoms with Crippen LogP contribution in [0.25, 0.3) is 10.9 Å². The molecule has 0 amide bonds. The molecule has 106 valence electrons. The number of H-pyrrole nitrogens is 1. The van der Waals surface area contributed by atoms with E-state index < -0.39 is 12.1 Å². The number of carbonyl (C=O) groups is 1. The molecule has 1 heterocycles. The van der Waals surface area contributed by atoms with Crippen molar-refractivity contribution >= 4 is 16.9 Å². The quantitative estimate of drug-likeness (QED) is 0.731. The van der Waals surface area contributed by atoms with Gasteiger partial charge in [0.1, 0.15) is 17.6 Å². The molecule has 2 aromatic carbocycles. The molecule has 1 aromatic heterocycles. The molecule has 0 aliphatic rings. The summed E-state index contributed by atoms with van der Waals surface area (Å²) in [6, 6.07) is 15.3. The van der Waals surface area contributed by atoms with E-state index in [1.807, 2.05) is 24.3 Å². The molecule has 0 radical (unpaired) electrons. The second kappa shape index (κ2) is 5.40. The normalized spacial score (nSPS) is 12.3. The molecule has 0 unspecified atom stereocenters. The van der Waals surface area contributed by atoms with E-state index in [0.29, 0.717) is 5.69 Å². The third-order valence-corrected chi connectivity index (χ3v) is 3.37. The van der Waals surface area contributed by atoms with Crippen LogP contribution in [0.15, 0.2) is 54.6 Å². The molecule has 0 aliphatic carbocycles. The standard InChI is InChI=1S/C17H14FNO2/c1-11(12-6-8-14(18)9-7-12)21-17(20)16-10-13-4-2-3-5-15(13)19-16/h2-11,19H,1H3/t11-/m0/s1. The minimum absolute atomic E-state index is 0.312. The van der Waals surface area contributed by atoms with Gasteiger partial charge in [-0.25, -0.2) is 9.18 Å². The molecular formula is C17H14FNO2. The molecule has 0 saturated carbocycles. The van der Waals surface area contributed by atoms with E-state index in [1.54, 1.807) is 25.1 Å². The summed E-state index contributed by atoms with van der Waals surface area (Å²) in [6.45, 7) is 1.76. The van der Waals surface area contributed by atoms with Gasteiger partial charge in [-0.05, 0) is 36.8 Å². The van der Waals surface area contributed by atoms with E-state index in [0.717, 1.165) is 16.5 Å². The van der Waals surface area contributed by atoms with Crippen molar-refractivity contribution in [1.82, 2.24) is 4.98 Å². The topological polar surface area (TPSA) is 42.1 Å². The molecule has 4 heteroatoms. The molecule has 0 aliphatic heterocycles. The first kappa shape index (κ1) is 13.4. The fourth-order valence-corrected chi connectivity index (χ4v) is 2.21. The van der Waals surface area contributed by atoms with Crippen LogP contribution < -0.4 is 0 Å². The van der Waals surface area contributed by atoms with E-state index in [1.165, 1.54) is 12.1 Å². The summed E-state index contributed by atoms with van der Waals surface area (Å²) in [5.74, 6) is -0.740. The van der Waals surface area contributed by atoms with Gasteiger partial charge < -0.3 is 9.72 Å². The predicted octanol–water partition coefficient (Wildman–Crippen LogP) is 4.23. The number of halogens is 1. The van der Waals surface area contributed by atoms with Gasteiger partial charge >= 0.3 is 5.97 Å². The highest BCUT2D eigenvalue weighted by Crippen LogP contribution is 2.21. The first-order valence-electron chi connectivity index (χ1n) is 6.68. The largest absolute Gasteiger partial charge is 0.453 e. The fourth-order valence-electron chi connectivity index (χ4n) is 2.21. The number of ether oxygens (including phenoxy) is 1. The number of nitrogens with one attached hydrogen (secondary N) is 1. The third-order valence-electron chi connectivity index (χ3n) is 3.37. The lowest BCUT2D eigenvalue weighted by atomic mass is 10.1. The Bertz CT molecular complexity index is 744. The van der Waals surface area contributed by atoms with Gasteiger partial charge in [0.2, 0.25) is 0 Å². The van der Waals surface area contributed by atoms with Crippen LogP contribution in [-0.4, -0.2) is 11.0 Å². The zero-order valence-electron chi connectivity index (χ0n) is 11.5. The lowest BCUT2D eigenvalue weighted by Gasteiger charge is -2.12. The highest BCUT2D eigenvalue weighted by atomic mass is 19.1. The van der Waals surface area contributed by atoms with Gasteiger partial charge in [-0.1, -0.05) is 30.3 Å². The summed E-state index contributed by atoms with van der Waals surface area (Å²) in [5, 5.41) is 0.957. The van der Waals surface area contributed by atoms with E-state index in [9.17, 15) is 9.18 Å². The van der Waals surface area contributed by atoms with Crippen molar-refractivity contribution in [2.45, 2.75) is 13.0 Å². The van der Waals surface area contributed by atoms with Crippen molar-refractivity contribution in [3.05, 3.63) is 71.7 Å². The summed E-state index contributed by atoms with van der Waals surface area (Å²) in [6.07, 6.45) is -0.440. The van der Waals surface area contributed by atoms with E-state index in [2.05, 4.69) is 4.98 Å². The highest BCUT2D eigenvalue weighted by Gasteiger charge is 2.15. The molecule has 3 aromatic rings. The van der Waals surface area contributed by atoms with E-state index in [4.69, 9.17) is 4.74 Å². The van der Waals surface area contributed by atoms with Gasteiger partial charge in [0, 0.05) is 10.9 Å². The number of esters is 1. The Labute approximate surface area is 121 Å². The van der Waals surface area contributed by atoms with Crippen LogP contribution in [0.5, 0.6) is 0 Å². The summed E-state index contributed by atoms with van der Waals surface area (Å²) in [4.78, 5) is 15.2. The van der Waals surface area contributed by atoms with Crippen molar-refractivity contribution in [2.24, 2.45) is 0 Å². The van der Waals surface area contributed by atoms with E-state index >= 15 is 0 Å². The first-order chi connectivity index (χ1) is 10.1. The zero-order chi connectivity index (χ0) is 14.8. The Morgan fingerprint density at radius 3 is 2.57 bits per heavy atom. The van der Waals surface area contributed by atoms with Crippen molar-refractivity contribution < 1.29 is 13.9 Å². The number of aromatic amines is 1. The van der Waals surface area contributed by atoms with Crippen LogP contribution >= 0.6 is 0 Å². The summed E-state index contributed by atoms with van der Waals surface area (Å²) >= 11 is 0. The SMILES string of the molecule is C[C@H](OC(=O)c1cc2ccccc2[nH]1)c1ccc(F)cc1. The lowest BCUT2D eigenvalue weighted by molar-refractivity contribution is 0.0332. The molecule has 3 nitrogen and oxygen atoms in total. The number of benzene rings is 2. The van der Waals surface area contributed by atoms with Crippen LogP contribution in [0.2, 0.25) is 0 Å². The molecule has 0 bridgehead atoms. The minimum atomic E-state index is -0.440. The van der Waals surface area contributed by atoms with Crippen molar-refractivity contribution in [2.75, 3.05) is 0 Å². The second-order valence-corrected chi connectivity index (χ2v) is 4.87. The van der Waals surface area contributed by atoms with Crippen LogP contribution in [0.3, 0.4) is 0 Å². The van der Waals surface area contributed by atoms with Crippen molar-refractivity contribution in [3.63, 3.8) is 0 Å². The Kier molecular flexibility index (Phi) is 3.44. The minimum Gasteiger partial charge on any atom is -0.453 e. The van der Waals surface area contributed by atoms with Gasteiger partial charge in [0.05, 0.1) is 0 Å². The Hall–Kier alpha value is -2.62. The molecule has 1 N–H and O–H groups in total. The molecule has 0 saturated heterocycles. The van der Waals surface area contributed by atoms with Crippen molar-refractivity contribution in [1.29, 1.82) is 0 Å². The maximum Gasteiger partial charge on any atom is 0.355 e. The number of fused-ring (bicyclic) bond motifs is 1. The highest BCUT2D eigenvalue weighted by molar-refractivity contribution is 5.94. The van der Waals surface area contributed by atoms with Gasteiger partial charge in [0.15, 0.2) is 0 Å². The van der Waals surface area contributed by atoms with E-state index in [-0.39, 0.29) is 5.82 Å². The van der Waals surface area contributed by atoms with Gasteiger partial charge in [0.25, 0.3) is 0 Å². The maximum atomic E-state index is 12.9. The van der Waals surface area contributed by atoms with Crippen LogP contribution in [0.1, 0.15) is 29.1 Å². The summed E-state index contributed by atoms with van der Waals surface area (Å²) < 4.78 is 18.3. The van der Waals surface area contributed by atoms with Crippen molar-refractivity contribution in [3.8, 4) is 0 Å². The molecule has 0 fully saturated rings. The number of aromatic nitrogens is 1. The second-order valence-electron chi connectivity index (χ2n) is 4.87. The number of rotatable bonds is 3. The lowest BCUT2D eigenvalue weighted by Crippen LogP contribution is -2.09. The summed E-state index contributed by atoms with van der Waals surface area (Å²) in [7, 11) is 0. The molecule has 0 spiro atoms. The van der Waals surface area contributed by atoms with Crippen LogP contribution in [0, 0.1) is 5.82 Å². The Morgan fingerprint density at radius 1 is 1.14 bits per heavy atom. The number of hydrogen-bond donors (Lipinski definition) is 1. The zero-order valence-corrected chi connectivity index (χ0v) is 11.5. The first-order valence-corrected chi connectivity index (χ1v) is 6.68. The summed E-state index contributed by atoms with van der Waals surface area (Å²) in [5.41, 5.74) is 2.05. The monoisotopic (exact) mass is 283 g/mol. The molecule has 21 heavy (non-hydrogen) atoms. The molecular weight excluding hydrogens is 269 g/mol. The average Bonchev–Trinajstić information content (AvgIpc) is 2.92. The fraction of sp³-hybridized carbons (Fsp3) is 0.118. The average molecular weight is 283 g/mol. The molecule has 1 atom stereocenters. The predicted molar refractivity (Wildman–Crippen MR) is 78.5 cm³/mol. The Balaban J connectivity index is 1.77. The maximum absolute atomic E-state index is 12.9. The molecule has 3 rings (SSSR count). The number of hydrogen-bond acceptors (Lipinski definition) is 2. The Morgan fingerprint density at radius 2 is 1.86 bits per heavy atom. The third kappa shape index (κ3) is 2.79. The smallest absolute Gasteiger partial charge is 0.355 e. The van der Waals surface area contributed by atoms with Gasteiger partial charge in [-0.2, -0.15) is 0 Å². The number of para-hydroxylation sites is 1. The number of carbonyl (C=O) groups excluding carboxylic acids is 1. The van der Waals surface area contributed by atoms with Gasteiger partial charge in [-0.15, -0.1) is 0 Å². The van der Waals surface area contributed by atoms with Crippen LogP contribution in [-0.2, 0) is 4.74 Å². The van der Waals surface area contributed by atoms with Gasteiger partial charge in [-0.3, -0.25) is 0 Å². The van der Waals surface area contributed by atoms with Crippen LogP contribution in [0.4, 0.5) is 4.39 Å².